The van der Waals surface area contributed by atoms with Crippen molar-refractivity contribution in [2.45, 2.75) is 32.4 Å². The van der Waals surface area contributed by atoms with E-state index in [1.807, 2.05) is 20.8 Å². The first kappa shape index (κ1) is 10.5. The number of alkyl halides is 1. The molecule has 0 aromatic carbocycles. The van der Waals surface area contributed by atoms with Crippen molar-refractivity contribution in [3.05, 3.63) is 12.7 Å². The minimum Gasteiger partial charge on any atom is -0.389 e. The summed E-state index contributed by atoms with van der Waals surface area (Å²) in [6.45, 7) is 5.76. The molecule has 0 spiro atoms. The summed E-state index contributed by atoms with van der Waals surface area (Å²) in [4.78, 5) is 3.76. The van der Waals surface area contributed by atoms with Crippen LogP contribution in [0.3, 0.4) is 0 Å². The van der Waals surface area contributed by atoms with Crippen molar-refractivity contribution in [3.8, 4) is 0 Å². The highest BCUT2D eigenvalue weighted by molar-refractivity contribution is 6.19. The molecule has 1 rings (SSSR count). The fourth-order valence-corrected chi connectivity index (χ4v) is 1.38. The third kappa shape index (κ3) is 2.42. The minimum atomic E-state index is -0.657. The molecule has 0 radical (unpaired) electrons. The topological polar surface area (TPSA) is 50.9 Å². The maximum absolute atomic E-state index is 9.81. The molecule has 74 valence electrons. The van der Waals surface area contributed by atoms with Gasteiger partial charge in [-0.05, 0) is 5.41 Å². The van der Waals surface area contributed by atoms with Gasteiger partial charge in [-0.1, -0.05) is 32.4 Å². The van der Waals surface area contributed by atoms with Crippen molar-refractivity contribution in [2.75, 3.05) is 0 Å². The number of aromatic nitrogens is 3. The van der Waals surface area contributed by atoms with Gasteiger partial charge in [0.25, 0.3) is 0 Å². The van der Waals surface area contributed by atoms with Crippen LogP contribution < -0.4 is 0 Å². The van der Waals surface area contributed by atoms with Gasteiger partial charge in [0, 0.05) is 0 Å². The third-order valence-electron chi connectivity index (χ3n) is 1.84. The van der Waals surface area contributed by atoms with Crippen LogP contribution in [0.25, 0.3) is 0 Å². The molecule has 0 saturated carbocycles. The molecule has 0 aliphatic rings. The smallest absolute Gasteiger partial charge is 0.153 e. The Balaban J connectivity index is 2.74. The monoisotopic (exact) mass is 203 g/mol. The van der Waals surface area contributed by atoms with E-state index in [4.69, 9.17) is 11.6 Å². The molecular weight excluding hydrogens is 190 g/mol. The second-order valence-corrected chi connectivity index (χ2v) is 4.51. The highest BCUT2D eigenvalue weighted by atomic mass is 35.5. The fraction of sp³-hybridized carbons (Fsp3) is 0.750. The second kappa shape index (κ2) is 3.64. The summed E-state index contributed by atoms with van der Waals surface area (Å²) in [6, 6.07) is 0. The van der Waals surface area contributed by atoms with Gasteiger partial charge >= 0.3 is 0 Å². The lowest BCUT2D eigenvalue weighted by Gasteiger charge is -2.29. The SMILES string of the molecule is CC(C)(C)C(O)C(Cl)n1cncn1. The molecule has 2 unspecified atom stereocenters. The molecule has 13 heavy (non-hydrogen) atoms. The lowest BCUT2D eigenvalue weighted by molar-refractivity contribution is 0.0391. The summed E-state index contributed by atoms with van der Waals surface area (Å²) >= 11 is 5.99. The van der Waals surface area contributed by atoms with Gasteiger partial charge in [0.1, 0.15) is 12.7 Å². The van der Waals surface area contributed by atoms with E-state index in [2.05, 4.69) is 10.1 Å². The zero-order valence-electron chi connectivity index (χ0n) is 7.98. The number of rotatable bonds is 2. The van der Waals surface area contributed by atoms with E-state index in [1.165, 1.54) is 17.3 Å². The van der Waals surface area contributed by atoms with E-state index in [1.54, 1.807) is 0 Å². The Labute approximate surface area is 82.5 Å². The molecule has 0 saturated heterocycles. The lowest BCUT2D eigenvalue weighted by Crippen LogP contribution is -2.33. The van der Waals surface area contributed by atoms with Gasteiger partial charge in [0.15, 0.2) is 5.50 Å². The van der Waals surface area contributed by atoms with E-state index in [0.29, 0.717) is 0 Å². The van der Waals surface area contributed by atoms with Crippen LogP contribution >= 0.6 is 11.6 Å². The minimum absolute atomic E-state index is 0.266. The quantitative estimate of drug-likeness (QED) is 0.740. The van der Waals surface area contributed by atoms with Crippen LogP contribution in [-0.2, 0) is 0 Å². The molecule has 1 aromatic heterocycles. The predicted octanol–water partition coefficient (Wildman–Crippen LogP) is 1.42. The van der Waals surface area contributed by atoms with Gasteiger partial charge in [0.05, 0.1) is 6.10 Å². The molecule has 0 amide bonds. The van der Waals surface area contributed by atoms with Crippen LogP contribution in [0.2, 0.25) is 0 Å². The Bertz CT molecular complexity index is 255. The molecule has 0 aliphatic heterocycles. The highest BCUT2D eigenvalue weighted by Gasteiger charge is 2.30. The Morgan fingerprint density at radius 2 is 2.08 bits per heavy atom. The van der Waals surface area contributed by atoms with Crippen LogP contribution in [-0.4, -0.2) is 26.0 Å². The summed E-state index contributed by atoms with van der Waals surface area (Å²) in [5.41, 5.74) is -0.833. The molecular formula is C8H14ClN3O. The molecule has 5 heteroatoms. The summed E-state index contributed by atoms with van der Waals surface area (Å²) in [5, 5.41) is 13.7. The number of aliphatic hydroxyl groups is 1. The Morgan fingerprint density at radius 3 is 2.46 bits per heavy atom. The second-order valence-electron chi connectivity index (χ2n) is 4.06. The molecule has 4 nitrogen and oxygen atoms in total. The standard InChI is InChI=1S/C8H14ClN3O/c1-8(2,3)6(13)7(9)12-5-10-4-11-12/h4-7,13H,1-3H3. The first-order chi connectivity index (χ1) is 5.93. The van der Waals surface area contributed by atoms with E-state index < -0.39 is 11.6 Å². The number of nitrogens with zero attached hydrogens (tertiary/aromatic N) is 3. The van der Waals surface area contributed by atoms with E-state index in [9.17, 15) is 5.11 Å². The van der Waals surface area contributed by atoms with Gasteiger partial charge in [-0.15, -0.1) is 0 Å². The first-order valence-electron chi connectivity index (χ1n) is 4.09. The molecule has 2 atom stereocenters. The Morgan fingerprint density at radius 1 is 1.46 bits per heavy atom. The number of halogens is 1. The zero-order valence-corrected chi connectivity index (χ0v) is 8.73. The van der Waals surface area contributed by atoms with Crippen molar-refractivity contribution in [2.24, 2.45) is 5.41 Å². The normalized spacial score (nSPS) is 17.0. The van der Waals surface area contributed by atoms with Crippen molar-refractivity contribution < 1.29 is 5.11 Å². The maximum Gasteiger partial charge on any atom is 0.153 e. The van der Waals surface area contributed by atoms with Crippen LogP contribution in [0, 0.1) is 5.41 Å². The fourth-order valence-electron chi connectivity index (χ4n) is 0.902. The molecule has 1 N–H and O–H groups in total. The van der Waals surface area contributed by atoms with Gasteiger partial charge in [-0.3, -0.25) is 0 Å². The third-order valence-corrected chi connectivity index (χ3v) is 2.28. The van der Waals surface area contributed by atoms with E-state index >= 15 is 0 Å². The first-order valence-corrected chi connectivity index (χ1v) is 4.53. The summed E-state index contributed by atoms with van der Waals surface area (Å²) in [6.07, 6.45) is 2.23. The van der Waals surface area contributed by atoms with Crippen LogP contribution in [0.15, 0.2) is 12.7 Å². The Hall–Kier alpha value is -0.610. The maximum atomic E-state index is 9.81. The lowest BCUT2D eigenvalue weighted by atomic mass is 9.89. The summed E-state index contributed by atoms with van der Waals surface area (Å²) < 4.78 is 1.44. The van der Waals surface area contributed by atoms with Crippen molar-refractivity contribution in [3.63, 3.8) is 0 Å². The number of hydrogen-bond donors (Lipinski definition) is 1. The highest BCUT2D eigenvalue weighted by Crippen LogP contribution is 2.29. The largest absolute Gasteiger partial charge is 0.389 e. The van der Waals surface area contributed by atoms with E-state index in [-0.39, 0.29) is 5.41 Å². The zero-order chi connectivity index (χ0) is 10.1. The average Bonchev–Trinajstić information content (AvgIpc) is 2.51. The molecule has 0 fully saturated rings. The Kier molecular flexibility index (Phi) is 2.93. The van der Waals surface area contributed by atoms with Gasteiger partial charge < -0.3 is 5.11 Å². The van der Waals surface area contributed by atoms with E-state index in [0.717, 1.165) is 0 Å². The molecule has 0 bridgehead atoms. The van der Waals surface area contributed by atoms with Gasteiger partial charge in [0.2, 0.25) is 0 Å². The van der Waals surface area contributed by atoms with Crippen LogP contribution in [0.4, 0.5) is 0 Å². The van der Waals surface area contributed by atoms with Crippen molar-refractivity contribution in [1.29, 1.82) is 0 Å². The van der Waals surface area contributed by atoms with Crippen LogP contribution in [0.5, 0.6) is 0 Å². The number of hydrogen-bond acceptors (Lipinski definition) is 3. The molecule has 1 aromatic rings. The average molecular weight is 204 g/mol. The van der Waals surface area contributed by atoms with Crippen molar-refractivity contribution >= 4 is 11.6 Å². The summed E-state index contributed by atoms with van der Waals surface area (Å²) in [7, 11) is 0. The molecule has 0 aliphatic carbocycles. The predicted molar refractivity (Wildman–Crippen MR) is 50.4 cm³/mol. The molecule has 1 heterocycles. The van der Waals surface area contributed by atoms with Gasteiger partial charge in [-0.2, -0.15) is 5.10 Å². The van der Waals surface area contributed by atoms with Crippen LogP contribution in [0.1, 0.15) is 26.3 Å². The van der Waals surface area contributed by atoms with Crippen molar-refractivity contribution in [1.82, 2.24) is 14.8 Å². The summed E-state index contributed by atoms with van der Waals surface area (Å²) in [5.74, 6) is 0. The number of aliphatic hydroxyl groups excluding tert-OH is 1. The van der Waals surface area contributed by atoms with Gasteiger partial charge in [-0.25, -0.2) is 9.67 Å².